The zero-order valence-corrected chi connectivity index (χ0v) is 16.8. The number of pyridine rings is 1. The minimum absolute atomic E-state index is 0.158. The molecule has 8 nitrogen and oxygen atoms in total. The molecular weight excluding hydrogens is 428 g/mol. The van der Waals surface area contributed by atoms with E-state index in [4.69, 9.17) is 4.74 Å². The lowest BCUT2D eigenvalue weighted by Gasteiger charge is -2.04. The van der Waals surface area contributed by atoms with Crippen molar-refractivity contribution in [1.82, 2.24) is 14.8 Å². The molecule has 1 amide bonds. The summed E-state index contributed by atoms with van der Waals surface area (Å²) in [6.45, 7) is 1.61. The van der Waals surface area contributed by atoms with Crippen LogP contribution >= 0.6 is 15.9 Å². The lowest BCUT2D eigenvalue weighted by atomic mass is 10.2. The van der Waals surface area contributed by atoms with Gasteiger partial charge in [-0.05, 0) is 64.8 Å². The molecule has 0 atom stereocenters. The van der Waals surface area contributed by atoms with Crippen LogP contribution in [-0.2, 0) is 9.53 Å². The van der Waals surface area contributed by atoms with Crippen LogP contribution in [0.2, 0.25) is 0 Å². The molecule has 0 fully saturated rings. The number of methoxy groups -OCH3 is 1. The molecule has 28 heavy (non-hydrogen) atoms. The van der Waals surface area contributed by atoms with Crippen LogP contribution in [0.3, 0.4) is 0 Å². The van der Waals surface area contributed by atoms with Gasteiger partial charge in [-0.3, -0.25) is 9.20 Å². The third kappa shape index (κ3) is 4.55. The summed E-state index contributed by atoms with van der Waals surface area (Å²) in [5.41, 5.74) is 4.97. The van der Waals surface area contributed by atoms with E-state index in [0.717, 1.165) is 10.0 Å². The molecule has 2 heterocycles. The highest BCUT2D eigenvalue weighted by Crippen LogP contribution is 2.16. The fourth-order valence-corrected chi connectivity index (χ4v) is 2.82. The van der Waals surface area contributed by atoms with E-state index in [1.807, 2.05) is 12.1 Å². The number of carbonyl (C=O) groups is 2. The van der Waals surface area contributed by atoms with E-state index in [1.54, 1.807) is 41.8 Å². The van der Waals surface area contributed by atoms with Gasteiger partial charge in [0, 0.05) is 10.7 Å². The third-order valence-corrected chi connectivity index (χ3v) is 4.29. The van der Waals surface area contributed by atoms with Crippen LogP contribution in [0.5, 0.6) is 5.75 Å². The maximum absolute atomic E-state index is 12.5. The van der Waals surface area contributed by atoms with Gasteiger partial charge in [0.2, 0.25) is 0 Å². The molecule has 0 saturated carbocycles. The highest BCUT2D eigenvalue weighted by molar-refractivity contribution is 9.10. The summed E-state index contributed by atoms with van der Waals surface area (Å²) in [4.78, 5) is 27.9. The second-order valence-corrected chi connectivity index (χ2v) is 6.67. The van der Waals surface area contributed by atoms with Crippen molar-refractivity contribution in [2.24, 2.45) is 5.10 Å². The van der Waals surface area contributed by atoms with Crippen molar-refractivity contribution in [3.63, 3.8) is 0 Å². The second-order valence-electron chi connectivity index (χ2n) is 5.75. The Bertz CT molecular complexity index is 1040. The first kappa shape index (κ1) is 19.6. The summed E-state index contributed by atoms with van der Waals surface area (Å²) < 4.78 is 12.3. The Morgan fingerprint density at radius 2 is 2.00 bits per heavy atom. The summed E-state index contributed by atoms with van der Waals surface area (Å²) in [5, 5.41) is 3.99. The molecule has 0 aliphatic rings. The summed E-state index contributed by atoms with van der Waals surface area (Å²) in [6, 6.07) is 10.6. The van der Waals surface area contributed by atoms with Crippen LogP contribution in [0.1, 0.15) is 21.7 Å². The van der Waals surface area contributed by atoms with E-state index in [2.05, 4.69) is 36.2 Å². The van der Waals surface area contributed by atoms with E-state index in [0.29, 0.717) is 22.8 Å². The fraction of sp³-hybridized carbons (Fsp3) is 0.158. The van der Waals surface area contributed by atoms with Gasteiger partial charge in [-0.25, -0.2) is 15.2 Å². The smallest absolute Gasteiger partial charge is 0.343 e. The van der Waals surface area contributed by atoms with Gasteiger partial charge in [0.15, 0.2) is 6.61 Å². The van der Waals surface area contributed by atoms with Gasteiger partial charge < -0.3 is 9.47 Å². The average molecular weight is 445 g/mol. The molecule has 0 bridgehead atoms. The van der Waals surface area contributed by atoms with Gasteiger partial charge in [-0.2, -0.15) is 5.10 Å². The standard InChI is InChI=1S/C19H17BrN4O4/c1-12-18(24-10-14(20)5-8-16(24)22-12)19(26)23-21-9-13-3-6-15(7-4-13)28-11-17(25)27-2/h3-10H,11H2,1-2H3,(H,23,26)/b21-9-. The van der Waals surface area contributed by atoms with Crippen LogP contribution in [0, 0.1) is 6.92 Å². The zero-order valence-electron chi connectivity index (χ0n) is 15.2. The predicted octanol–water partition coefficient (Wildman–Crippen LogP) is 2.72. The number of amides is 1. The van der Waals surface area contributed by atoms with Crippen molar-refractivity contribution in [2.75, 3.05) is 13.7 Å². The Morgan fingerprint density at radius 1 is 1.25 bits per heavy atom. The van der Waals surface area contributed by atoms with Crippen molar-refractivity contribution in [3.05, 3.63) is 64.0 Å². The largest absolute Gasteiger partial charge is 0.482 e. The maximum Gasteiger partial charge on any atom is 0.343 e. The van der Waals surface area contributed by atoms with Crippen molar-refractivity contribution in [3.8, 4) is 5.75 Å². The molecule has 0 saturated heterocycles. The van der Waals surface area contributed by atoms with Gasteiger partial charge >= 0.3 is 5.97 Å². The number of carbonyl (C=O) groups excluding carboxylic acids is 2. The number of esters is 1. The monoisotopic (exact) mass is 444 g/mol. The normalized spacial score (nSPS) is 11.0. The van der Waals surface area contributed by atoms with Gasteiger partial charge in [0.05, 0.1) is 19.0 Å². The number of nitrogens with zero attached hydrogens (tertiary/aromatic N) is 3. The van der Waals surface area contributed by atoms with Crippen LogP contribution in [0.4, 0.5) is 0 Å². The lowest BCUT2D eigenvalue weighted by Crippen LogP contribution is -2.20. The summed E-state index contributed by atoms with van der Waals surface area (Å²) >= 11 is 3.39. The molecule has 2 aromatic heterocycles. The summed E-state index contributed by atoms with van der Waals surface area (Å²) in [7, 11) is 1.30. The Labute approximate surface area is 169 Å². The number of benzene rings is 1. The minimum atomic E-state index is -0.455. The first-order valence-corrected chi connectivity index (χ1v) is 9.04. The van der Waals surface area contributed by atoms with Gasteiger partial charge in [0.25, 0.3) is 5.91 Å². The minimum Gasteiger partial charge on any atom is -0.482 e. The molecule has 3 aromatic rings. The fourth-order valence-electron chi connectivity index (χ4n) is 2.48. The van der Waals surface area contributed by atoms with Crippen LogP contribution < -0.4 is 10.2 Å². The maximum atomic E-state index is 12.5. The Morgan fingerprint density at radius 3 is 2.71 bits per heavy atom. The topological polar surface area (TPSA) is 94.3 Å². The SMILES string of the molecule is COC(=O)COc1ccc(/C=N\NC(=O)c2c(C)nc3ccc(Br)cn23)cc1. The third-order valence-electron chi connectivity index (χ3n) is 3.82. The number of rotatable bonds is 6. The number of hydrogen-bond donors (Lipinski definition) is 1. The molecule has 0 unspecified atom stereocenters. The molecule has 9 heteroatoms. The van der Waals surface area contributed by atoms with Crippen molar-refractivity contribution < 1.29 is 19.1 Å². The first-order valence-electron chi connectivity index (χ1n) is 8.25. The summed E-state index contributed by atoms with van der Waals surface area (Å²) in [6.07, 6.45) is 3.29. The molecule has 144 valence electrons. The Balaban J connectivity index is 1.65. The van der Waals surface area contributed by atoms with E-state index < -0.39 is 5.97 Å². The molecule has 1 aromatic carbocycles. The number of hydrazone groups is 1. The second kappa shape index (κ2) is 8.66. The molecule has 1 N–H and O–H groups in total. The van der Waals surface area contributed by atoms with Crippen molar-refractivity contribution >= 4 is 39.7 Å². The van der Waals surface area contributed by atoms with E-state index in [1.165, 1.54) is 13.3 Å². The van der Waals surface area contributed by atoms with Crippen molar-refractivity contribution in [1.29, 1.82) is 0 Å². The number of nitrogens with one attached hydrogen (secondary N) is 1. The lowest BCUT2D eigenvalue weighted by molar-refractivity contribution is -0.142. The van der Waals surface area contributed by atoms with Gasteiger partial charge in [-0.1, -0.05) is 0 Å². The van der Waals surface area contributed by atoms with Gasteiger partial charge in [-0.15, -0.1) is 0 Å². The Kier molecular flexibility index (Phi) is 6.05. The predicted molar refractivity (Wildman–Crippen MR) is 107 cm³/mol. The van der Waals surface area contributed by atoms with Crippen LogP contribution in [-0.4, -0.2) is 41.2 Å². The molecular formula is C19H17BrN4O4. The van der Waals surface area contributed by atoms with Crippen molar-refractivity contribution in [2.45, 2.75) is 6.92 Å². The molecule has 0 aliphatic heterocycles. The number of aromatic nitrogens is 2. The van der Waals surface area contributed by atoms with E-state index >= 15 is 0 Å². The van der Waals surface area contributed by atoms with Crippen LogP contribution in [0.15, 0.2) is 52.2 Å². The van der Waals surface area contributed by atoms with Gasteiger partial charge in [0.1, 0.15) is 17.1 Å². The molecule has 0 radical (unpaired) electrons. The first-order chi connectivity index (χ1) is 13.5. The highest BCUT2D eigenvalue weighted by Gasteiger charge is 2.16. The number of fused-ring (bicyclic) bond motifs is 1. The van der Waals surface area contributed by atoms with Crippen LogP contribution in [0.25, 0.3) is 5.65 Å². The quantitative estimate of drug-likeness (QED) is 0.358. The number of hydrogen-bond acceptors (Lipinski definition) is 6. The molecule has 3 rings (SSSR count). The van der Waals surface area contributed by atoms with E-state index in [9.17, 15) is 9.59 Å². The number of aryl methyl sites for hydroxylation is 1. The zero-order chi connectivity index (χ0) is 20.1. The molecule has 0 spiro atoms. The number of ether oxygens (including phenoxy) is 2. The highest BCUT2D eigenvalue weighted by atomic mass is 79.9. The Hall–Kier alpha value is -3.20. The number of halogens is 1. The average Bonchev–Trinajstić information content (AvgIpc) is 3.02. The summed E-state index contributed by atoms with van der Waals surface area (Å²) in [5.74, 6) is -0.293. The molecule has 0 aliphatic carbocycles. The van der Waals surface area contributed by atoms with E-state index in [-0.39, 0.29) is 12.5 Å². The number of imidazole rings is 1.